The molecule has 3 aromatic rings. The normalized spacial score (nSPS) is 15.8. The van der Waals surface area contributed by atoms with Gasteiger partial charge in [0.25, 0.3) is 0 Å². The van der Waals surface area contributed by atoms with Crippen LogP contribution in [0.1, 0.15) is 55.6 Å². The molecular formula is C25H32N6O. The highest BCUT2D eigenvalue weighted by atomic mass is 16.2. The molecule has 32 heavy (non-hydrogen) atoms. The number of rotatable bonds is 3. The molecule has 2 aliphatic rings. The van der Waals surface area contributed by atoms with E-state index in [1.165, 1.54) is 33.6 Å². The van der Waals surface area contributed by atoms with Gasteiger partial charge in [-0.2, -0.15) is 5.10 Å². The number of amides is 1. The summed E-state index contributed by atoms with van der Waals surface area (Å²) in [5.74, 6) is 1.15. The summed E-state index contributed by atoms with van der Waals surface area (Å²) >= 11 is 0. The minimum Gasteiger partial charge on any atom is -0.340 e. The van der Waals surface area contributed by atoms with Gasteiger partial charge in [-0.05, 0) is 56.9 Å². The van der Waals surface area contributed by atoms with Gasteiger partial charge in [-0.25, -0.2) is 4.98 Å². The van der Waals surface area contributed by atoms with Gasteiger partial charge in [-0.3, -0.25) is 9.48 Å². The fraction of sp³-hybridized carbons (Fsp3) is 0.480. The van der Waals surface area contributed by atoms with Gasteiger partial charge in [-0.15, -0.1) is 0 Å². The van der Waals surface area contributed by atoms with Crippen molar-refractivity contribution < 1.29 is 4.79 Å². The topological polar surface area (TPSA) is 59.2 Å². The summed E-state index contributed by atoms with van der Waals surface area (Å²) < 4.78 is 4.16. The van der Waals surface area contributed by atoms with E-state index in [1.54, 1.807) is 6.92 Å². The van der Waals surface area contributed by atoms with Crippen LogP contribution >= 0.6 is 0 Å². The first-order chi connectivity index (χ1) is 15.3. The number of hydrogen-bond donors (Lipinski definition) is 0. The molecule has 0 N–H and O–H groups in total. The summed E-state index contributed by atoms with van der Waals surface area (Å²) in [6.45, 7) is 10.5. The number of anilines is 2. The van der Waals surface area contributed by atoms with Gasteiger partial charge in [0.1, 0.15) is 0 Å². The van der Waals surface area contributed by atoms with E-state index < -0.39 is 0 Å². The van der Waals surface area contributed by atoms with Crippen molar-refractivity contribution in [1.82, 2.24) is 24.2 Å². The second kappa shape index (κ2) is 7.80. The fourth-order valence-electron chi connectivity index (χ4n) is 5.13. The van der Waals surface area contributed by atoms with Crippen LogP contribution in [0.25, 0.3) is 11.3 Å². The van der Waals surface area contributed by atoms with Gasteiger partial charge in [0.2, 0.25) is 5.91 Å². The van der Waals surface area contributed by atoms with Gasteiger partial charge in [-0.1, -0.05) is 0 Å². The van der Waals surface area contributed by atoms with Crippen LogP contribution in [-0.4, -0.2) is 43.2 Å². The van der Waals surface area contributed by atoms with Crippen LogP contribution < -0.4 is 4.90 Å². The molecule has 5 rings (SSSR count). The average molecular weight is 433 g/mol. The van der Waals surface area contributed by atoms with E-state index in [0.29, 0.717) is 12.6 Å². The van der Waals surface area contributed by atoms with Gasteiger partial charge in [0.05, 0.1) is 18.6 Å². The first kappa shape index (κ1) is 20.8. The van der Waals surface area contributed by atoms with Gasteiger partial charge in [0.15, 0.2) is 5.82 Å². The third-order valence-corrected chi connectivity index (χ3v) is 6.78. The molecule has 0 saturated heterocycles. The molecule has 0 aliphatic carbocycles. The van der Waals surface area contributed by atoms with Crippen molar-refractivity contribution in [1.29, 1.82) is 0 Å². The maximum absolute atomic E-state index is 12.1. The van der Waals surface area contributed by atoms with Crippen LogP contribution in [0.15, 0.2) is 24.7 Å². The van der Waals surface area contributed by atoms with E-state index in [-0.39, 0.29) is 5.91 Å². The lowest BCUT2D eigenvalue weighted by atomic mass is 9.94. The Balaban J connectivity index is 1.60. The predicted molar refractivity (Wildman–Crippen MR) is 126 cm³/mol. The Kier molecular flexibility index (Phi) is 5.07. The molecule has 0 saturated carbocycles. The highest BCUT2D eigenvalue weighted by Gasteiger charge is 2.31. The lowest BCUT2D eigenvalue weighted by molar-refractivity contribution is -0.129. The minimum absolute atomic E-state index is 0.133. The molecule has 7 nitrogen and oxygen atoms in total. The van der Waals surface area contributed by atoms with Gasteiger partial charge >= 0.3 is 0 Å². The summed E-state index contributed by atoms with van der Waals surface area (Å²) in [4.78, 5) is 21.0. The Labute approximate surface area is 189 Å². The molecule has 4 heterocycles. The zero-order valence-electron chi connectivity index (χ0n) is 19.7. The van der Waals surface area contributed by atoms with Crippen LogP contribution in [0.5, 0.6) is 0 Å². The zero-order valence-corrected chi connectivity index (χ0v) is 19.7. The molecule has 0 bridgehead atoms. The first-order valence-corrected chi connectivity index (χ1v) is 11.6. The Hall–Kier alpha value is -3.09. The smallest absolute Gasteiger partial charge is 0.219 e. The SMILES string of the molecule is CC(=O)N1CCc2c(c(N3CCCc4cc(-c5cn(C)cn5)c(C)cc43)nn2C(C)C)C1. The number of benzene rings is 1. The standard InChI is InChI=1S/C25H32N6O/c1-16(2)31-23-8-10-29(18(4)32)13-21(23)25(27-31)30-9-6-7-19-12-20(17(3)11-24(19)30)22-14-28(5)15-26-22/h11-12,14-16H,6-10,13H2,1-5H3. The summed E-state index contributed by atoms with van der Waals surface area (Å²) in [7, 11) is 2.00. The third kappa shape index (κ3) is 3.40. The highest BCUT2D eigenvalue weighted by molar-refractivity contribution is 5.77. The molecule has 1 aromatic carbocycles. The van der Waals surface area contributed by atoms with Crippen LogP contribution in [0.3, 0.4) is 0 Å². The molecular weight excluding hydrogens is 400 g/mol. The monoisotopic (exact) mass is 432 g/mol. The van der Waals surface area contributed by atoms with Crippen LogP contribution in [0, 0.1) is 6.92 Å². The molecule has 1 amide bonds. The summed E-state index contributed by atoms with van der Waals surface area (Å²) in [6, 6.07) is 4.90. The molecule has 2 aromatic heterocycles. The second-order valence-corrected chi connectivity index (χ2v) is 9.45. The van der Waals surface area contributed by atoms with Crippen molar-refractivity contribution in [3.05, 3.63) is 47.0 Å². The molecule has 0 radical (unpaired) electrons. The molecule has 7 heteroatoms. The highest BCUT2D eigenvalue weighted by Crippen LogP contribution is 2.40. The molecule has 168 valence electrons. The molecule has 0 fully saturated rings. The lowest BCUT2D eigenvalue weighted by Crippen LogP contribution is -2.35. The van der Waals surface area contributed by atoms with Gasteiger partial charge in [0, 0.05) is 68.2 Å². The number of carbonyl (C=O) groups is 1. The van der Waals surface area contributed by atoms with Crippen molar-refractivity contribution in [2.75, 3.05) is 18.0 Å². The third-order valence-electron chi connectivity index (χ3n) is 6.78. The Bertz CT molecular complexity index is 1190. The maximum Gasteiger partial charge on any atom is 0.219 e. The maximum atomic E-state index is 12.1. The average Bonchev–Trinajstić information content (AvgIpc) is 3.36. The van der Waals surface area contributed by atoms with Crippen LogP contribution in [-0.2, 0) is 31.2 Å². The fourth-order valence-corrected chi connectivity index (χ4v) is 5.13. The van der Waals surface area contributed by atoms with Crippen molar-refractivity contribution in [3.63, 3.8) is 0 Å². The Morgan fingerprint density at radius 2 is 1.97 bits per heavy atom. The molecule has 0 spiro atoms. The van der Waals surface area contributed by atoms with Crippen molar-refractivity contribution >= 4 is 17.4 Å². The van der Waals surface area contributed by atoms with E-state index in [0.717, 1.165) is 43.9 Å². The summed E-state index contributed by atoms with van der Waals surface area (Å²) in [6.07, 6.45) is 6.92. The number of nitrogens with zero attached hydrogens (tertiary/aromatic N) is 6. The predicted octanol–water partition coefficient (Wildman–Crippen LogP) is 4.16. The van der Waals surface area contributed by atoms with Crippen LogP contribution in [0.2, 0.25) is 0 Å². The Morgan fingerprint density at radius 3 is 2.66 bits per heavy atom. The van der Waals surface area contributed by atoms with E-state index in [9.17, 15) is 4.79 Å². The minimum atomic E-state index is 0.133. The number of aromatic nitrogens is 4. The largest absolute Gasteiger partial charge is 0.340 e. The van der Waals surface area contributed by atoms with E-state index >= 15 is 0 Å². The van der Waals surface area contributed by atoms with Crippen LogP contribution in [0.4, 0.5) is 11.5 Å². The quantitative estimate of drug-likeness (QED) is 0.624. The second-order valence-electron chi connectivity index (χ2n) is 9.45. The van der Waals surface area contributed by atoms with Gasteiger partial charge < -0.3 is 14.4 Å². The zero-order chi connectivity index (χ0) is 22.6. The van der Waals surface area contributed by atoms with Crippen molar-refractivity contribution in [2.24, 2.45) is 7.05 Å². The number of imidazole rings is 1. The van der Waals surface area contributed by atoms with E-state index in [2.05, 4.69) is 53.7 Å². The van der Waals surface area contributed by atoms with E-state index in [1.807, 2.05) is 22.8 Å². The Morgan fingerprint density at radius 1 is 1.16 bits per heavy atom. The molecule has 0 atom stereocenters. The number of carbonyl (C=O) groups excluding carboxylic acids is 1. The van der Waals surface area contributed by atoms with Crippen molar-refractivity contribution in [2.45, 2.75) is 59.5 Å². The number of fused-ring (bicyclic) bond motifs is 2. The first-order valence-electron chi connectivity index (χ1n) is 11.6. The summed E-state index contributed by atoms with van der Waals surface area (Å²) in [5, 5.41) is 5.11. The number of hydrogen-bond acceptors (Lipinski definition) is 4. The molecule has 2 aliphatic heterocycles. The van der Waals surface area contributed by atoms with Crippen molar-refractivity contribution in [3.8, 4) is 11.3 Å². The summed E-state index contributed by atoms with van der Waals surface area (Å²) in [5.41, 5.74) is 8.50. The molecule has 0 unspecified atom stereocenters. The van der Waals surface area contributed by atoms with E-state index in [4.69, 9.17) is 5.10 Å². The number of aryl methyl sites for hydroxylation is 3. The lowest BCUT2D eigenvalue weighted by Gasteiger charge is -2.33.